The van der Waals surface area contributed by atoms with Crippen LogP contribution in [0.5, 0.6) is 0 Å². The van der Waals surface area contributed by atoms with Crippen molar-refractivity contribution in [2.24, 2.45) is 5.92 Å². The summed E-state index contributed by atoms with van der Waals surface area (Å²) in [6, 6.07) is 16.2. The van der Waals surface area contributed by atoms with E-state index in [0.29, 0.717) is 13.0 Å². The molecule has 0 bridgehead atoms. The number of aliphatic hydroxyl groups excluding tert-OH is 1. The van der Waals surface area contributed by atoms with Gasteiger partial charge in [-0.3, -0.25) is 4.79 Å². The zero-order chi connectivity index (χ0) is 33.0. The van der Waals surface area contributed by atoms with E-state index in [1.807, 2.05) is 42.5 Å². The van der Waals surface area contributed by atoms with Gasteiger partial charge in [-0.25, -0.2) is 0 Å². The Morgan fingerprint density at radius 1 is 0.826 bits per heavy atom. The van der Waals surface area contributed by atoms with Gasteiger partial charge in [-0.2, -0.15) is 0 Å². The van der Waals surface area contributed by atoms with E-state index in [1.165, 1.54) is 70.6 Å². The molecule has 4 unspecified atom stereocenters. The van der Waals surface area contributed by atoms with E-state index >= 15 is 0 Å². The summed E-state index contributed by atoms with van der Waals surface area (Å²) in [4.78, 5) is 14.7. The summed E-state index contributed by atoms with van der Waals surface area (Å²) in [7, 11) is 2.08. The van der Waals surface area contributed by atoms with Gasteiger partial charge >= 0.3 is 0 Å². The average molecular weight is 635 g/mol. The Morgan fingerprint density at radius 3 is 1.93 bits per heavy atom. The van der Waals surface area contributed by atoms with Crippen LogP contribution in [0.1, 0.15) is 138 Å². The van der Waals surface area contributed by atoms with Gasteiger partial charge in [0.05, 0.1) is 18.8 Å². The maximum Gasteiger partial charge on any atom is 0.220 e. The number of rotatable bonds is 23. The minimum atomic E-state index is -0.500. The van der Waals surface area contributed by atoms with Gasteiger partial charge in [0.25, 0.3) is 0 Å². The van der Waals surface area contributed by atoms with E-state index in [0.717, 1.165) is 48.2 Å². The Hall–Kier alpha value is -2.51. The van der Waals surface area contributed by atoms with Crippen molar-refractivity contribution in [3.63, 3.8) is 0 Å². The molecule has 0 spiro atoms. The number of likely N-dealkylation sites (N-methyl/N-ethyl adjacent to an activating group) is 1. The Bertz CT molecular complexity index is 1100. The van der Waals surface area contributed by atoms with Crippen LogP contribution in [0.3, 0.4) is 0 Å². The molecule has 0 aliphatic carbocycles. The average Bonchev–Trinajstić information content (AvgIpc) is 3.07. The fourth-order valence-corrected chi connectivity index (χ4v) is 6.32. The smallest absolute Gasteiger partial charge is 0.220 e. The molecule has 0 radical (unpaired) electrons. The van der Waals surface area contributed by atoms with Gasteiger partial charge in [0, 0.05) is 37.5 Å². The molecule has 46 heavy (non-hydrogen) atoms. The molecule has 1 saturated heterocycles. The molecule has 1 aliphatic rings. The standard InChI is InChI=1S/C40H62N2O4/c1-5-7-8-9-10-11-12-13-14-15-16-17-18-19-38(44)41-29-33-20-26-36(27-21-33)40-45-37(30-42(4)28-6-2)32(3)39(46-40)35-24-22-34(31-43)23-25-35/h6,20-27,32,37,39-40,43H,2,5,7-19,28-31H2,1,3-4H3,(H,41,44). The van der Waals surface area contributed by atoms with Crippen molar-refractivity contribution >= 4 is 5.91 Å². The van der Waals surface area contributed by atoms with Gasteiger partial charge in [-0.15, -0.1) is 6.58 Å². The highest BCUT2D eigenvalue weighted by molar-refractivity contribution is 5.75. The number of hydrogen-bond acceptors (Lipinski definition) is 5. The van der Waals surface area contributed by atoms with Crippen molar-refractivity contribution in [3.05, 3.63) is 83.4 Å². The first-order valence-corrected chi connectivity index (χ1v) is 18.1. The molecule has 1 heterocycles. The van der Waals surface area contributed by atoms with Crippen molar-refractivity contribution in [2.45, 2.75) is 135 Å². The van der Waals surface area contributed by atoms with Crippen LogP contribution in [0.15, 0.2) is 61.2 Å². The van der Waals surface area contributed by atoms with Crippen LogP contribution in [0, 0.1) is 5.92 Å². The van der Waals surface area contributed by atoms with Gasteiger partial charge < -0.3 is 24.8 Å². The molecular formula is C40H62N2O4. The molecule has 4 atom stereocenters. The third kappa shape index (κ3) is 13.7. The maximum absolute atomic E-state index is 12.5. The van der Waals surface area contributed by atoms with Gasteiger partial charge in [0.15, 0.2) is 6.29 Å². The Morgan fingerprint density at radius 2 is 1.37 bits per heavy atom. The lowest BCUT2D eigenvalue weighted by Gasteiger charge is -2.42. The predicted molar refractivity (Wildman–Crippen MR) is 189 cm³/mol. The molecule has 1 fully saturated rings. The second-order valence-corrected chi connectivity index (χ2v) is 13.3. The van der Waals surface area contributed by atoms with Gasteiger partial charge in [0.1, 0.15) is 0 Å². The summed E-state index contributed by atoms with van der Waals surface area (Å²) in [5, 5.41) is 12.6. The molecule has 0 saturated carbocycles. The monoisotopic (exact) mass is 634 g/mol. The van der Waals surface area contributed by atoms with E-state index in [1.54, 1.807) is 0 Å². The SMILES string of the molecule is C=CCN(C)CC1OC(c2ccc(CNC(=O)CCCCCCCCCCCCCCC)cc2)OC(c2ccc(CO)cc2)C1C. The molecule has 6 heteroatoms. The summed E-state index contributed by atoms with van der Waals surface area (Å²) in [6.45, 7) is 10.4. The van der Waals surface area contributed by atoms with E-state index in [2.05, 4.69) is 49.8 Å². The van der Waals surface area contributed by atoms with E-state index < -0.39 is 6.29 Å². The number of hydrogen-bond donors (Lipinski definition) is 2. The minimum absolute atomic E-state index is 0.0221. The summed E-state index contributed by atoms with van der Waals surface area (Å²) in [5.41, 5.74) is 3.99. The second-order valence-electron chi connectivity index (χ2n) is 13.3. The van der Waals surface area contributed by atoms with Crippen LogP contribution in [-0.4, -0.2) is 42.2 Å². The van der Waals surface area contributed by atoms with E-state index in [9.17, 15) is 9.90 Å². The van der Waals surface area contributed by atoms with Crippen LogP contribution in [-0.2, 0) is 27.4 Å². The lowest BCUT2D eigenvalue weighted by atomic mass is 9.90. The lowest BCUT2D eigenvalue weighted by molar-refractivity contribution is -0.275. The molecule has 3 rings (SSSR count). The number of carbonyl (C=O) groups is 1. The number of benzene rings is 2. The normalized spacial score (nSPS) is 19.8. The quantitative estimate of drug-likeness (QED) is 0.0942. The second kappa shape index (κ2) is 22.1. The number of nitrogens with one attached hydrogen (secondary N) is 1. The van der Waals surface area contributed by atoms with Crippen molar-refractivity contribution < 1.29 is 19.4 Å². The lowest BCUT2D eigenvalue weighted by Crippen LogP contribution is -2.43. The summed E-state index contributed by atoms with van der Waals surface area (Å²) in [6.07, 6.45) is 18.8. The third-order valence-corrected chi connectivity index (χ3v) is 9.30. The summed E-state index contributed by atoms with van der Waals surface area (Å²) >= 11 is 0. The van der Waals surface area contributed by atoms with Crippen LogP contribution in [0.25, 0.3) is 0 Å². The molecular weight excluding hydrogens is 572 g/mol. The molecule has 0 aromatic heterocycles. The Balaban J connectivity index is 1.40. The zero-order valence-corrected chi connectivity index (χ0v) is 29.1. The molecule has 2 aromatic carbocycles. The highest BCUT2D eigenvalue weighted by atomic mass is 16.7. The van der Waals surface area contributed by atoms with E-state index in [-0.39, 0.29) is 30.6 Å². The molecule has 1 amide bonds. The first-order chi connectivity index (χ1) is 22.4. The number of amides is 1. The van der Waals surface area contributed by atoms with Crippen molar-refractivity contribution in [3.8, 4) is 0 Å². The first kappa shape index (κ1) is 37.9. The fourth-order valence-electron chi connectivity index (χ4n) is 6.32. The van der Waals surface area contributed by atoms with Crippen LogP contribution < -0.4 is 5.32 Å². The Kier molecular flexibility index (Phi) is 18.3. The number of ether oxygens (including phenoxy) is 2. The molecule has 1 aliphatic heterocycles. The highest BCUT2D eigenvalue weighted by Crippen LogP contribution is 2.41. The zero-order valence-electron chi connectivity index (χ0n) is 29.1. The predicted octanol–water partition coefficient (Wildman–Crippen LogP) is 9.19. The largest absolute Gasteiger partial charge is 0.392 e. The van der Waals surface area contributed by atoms with Crippen LogP contribution in [0.2, 0.25) is 0 Å². The molecule has 6 nitrogen and oxygen atoms in total. The first-order valence-electron chi connectivity index (χ1n) is 18.1. The van der Waals surface area contributed by atoms with Gasteiger partial charge in [-0.1, -0.05) is 146 Å². The number of carbonyl (C=O) groups excluding carboxylic acids is 1. The summed E-state index contributed by atoms with van der Waals surface area (Å²) in [5.74, 6) is 0.259. The van der Waals surface area contributed by atoms with Crippen molar-refractivity contribution in [1.29, 1.82) is 0 Å². The topological polar surface area (TPSA) is 71.0 Å². The molecule has 2 aromatic rings. The third-order valence-electron chi connectivity index (χ3n) is 9.30. The molecule has 256 valence electrons. The van der Waals surface area contributed by atoms with Gasteiger partial charge in [-0.05, 0) is 30.2 Å². The number of unbranched alkanes of at least 4 members (excludes halogenated alkanes) is 12. The van der Waals surface area contributed by atoms with Crippen LogP contribution in [0.4, 0.5) is 0 Å². The van der Waals surface area contributed by atoms with Crippen molar-refractivity contribution in [1.82, 2.24) is 10.2 Å². The maximum atomic E-state index is 12.5. The van der Waals surface area contributed by atoms with Crippen molar-refractivity contribution in [2.75, 3.05) is 20.1 Å². The Labute approximate surface area is 280 Å². The molecule has 2 N–H and O–H groups in total. The van der Waals surface area contributed by atoms with Crippen LogP contribution >= 0.6 is 0 Å². The number of aliphatic hydroxyl groups is 1. The number of nitrogens with zero attached hydrogens (tertiary/aromatic N) is 1. The minimum Gasteiger partial charge on any atom is -0.392 e. The highest BCUT2D eigenvalue weighted by Gasteiger charge is 2.38. The fraction of sp³-hybridized carbons (Fsp3) is 0.625. The van der Waals surface area contributed by atoms with E-state index in [4.69, 9.17) is 9.47 Å². The van der Waals surface area contributed by atoms with Gasteiger partial charge in [0.2, 0.25) is 5.91 Å². The summed E-state index contributed by atoms with van der Waals surface area (Å²) < 4.78 is 13.1.